The van der Waals surface area contributed by atoms with E-state index in [0.29, 0.717) is 28.0 Å². The maximum absolute atomic E-state index is 12.5. The third-order valence-electron chi connectivity index (χ3n) is 6.15. The minimum absolute atomic E-state index is 0.0344. The molecule has 9 heteroatoms. The number of carbonyl (C=O) groups is 1. The molecule has 35 heavy (non-hydrogen) atoms. The second-order valence-electron chi connectivity index (χ2n) is 8.46. The molecule has 2 heterocycles. The maximum Gasteiger partial charge on any atom is 0.250 e. The van der Waals surface area contributed by atoms with Crippen molar-refractivity contribution in [3.05, 3.63) is 53.6 Å². The number of halogens is 2. The van der Waals surface area contributed by atoms with Gasteiger partial charge in [-0.05, 0) is 76.7 Å². The van der Waals surface area contributed by atoms with Crippen LogP contribution in [0.1, 0.15) is 18.4 Å². The molecule has 0 atom stereocenters. The number of ether oxygens (including phenoxy) is 3. The van der Waals surface area contributed by atoms with Crippen LogP contribution in [0.4, 0.5) is 5.69 Å². The van der Waals surface area contributed by atoms with Crippen LogP contribution in [-0.4, -0.2) is 65.9 Å². The topological polar surface area (TPSA) is 63.3 Å². The summed E-state index contributed by atoms with van der Waals surface area (Å²) in [5.74, 6) is 2.50. The Hall–Kier alpha value is -1.73. The first-order valence-corrected chi connectivity index (χ1v) is 14.9. The number of hydrogen-bond acceptors (Lipinski definition) is 6. The van der Waals surface area contributed by atoms with Gasteiger partial charge in [-0.1, -0.05) is 18.2 Å². The van der Waals surface area contributed by atoms with Crippen molar-refractivity contribution in [1.82, 2.24) is 10.2 Å². The van der Waals surface area contributed by atoms with Gasteiger partial charge in [0.05, 0.1) is 5.57 Å². The number of piperazine rings is 1. The van der Waals surface area contributed by atoms with Crippen molar-refractivity contribution >= 4 is 62.9 Å². The van der Waals surface area contributed by atoms with Gasteiger partial charge in [0.15, 0.2) is 0 Å². The summed E-state index contributed by atoms with van der Waals surface area (Å²) < 4.78 is 18.3. The third kappa shape index (κ3) is 7.63. The van der Waals surface area contributed by atoms with E-state index in [1.54, 1.807) is 0 Å². The predicted molar refractivity (Wildman–Crippen MR) is 156 cm³/mol. The standard InChI is InChI=1S/C26H31I2N3O4/c27-18-34-23-14-22(15-24(16-23)35-19-28)31-11-9-30(10-12-31)8-4-3-7-29-26(32)21-13-20-5-1-2-6-25(20)33-17-21/h1-2,5-6,13-16H,3-4,7-12,17-19H2,(H,29,32). The minimum atomic E-state index is -0.0344. The molecule has 1 saturated heterocycles. The van der Waals surface area contributed by atoms with Gasteiger partial charge in [-0.2, -0.15) is 0 Å². The van der Waals surface area contributed by atoms with Gasteiger partial charge in [-0.3, -0.25) is 9.69 Å². The van der Waals surface area contributed by atoms with Crippen LogP contribution < -0.4 is 24.4 Å². The molecule has 0 aliphatic carbocycles. The van der Waals surface area contributed by atoms with Gasteiger partial charge in [-0.25, -0.2) is 0 Å². The van der Waals surface area contributed by atoms with Gasteiger partial charge in [0.2, 0.25) is 0 Å². The molecule has 188 valence electrons. The van der Waals surface area contributed by atoms with E-state index in [1.807, 2.05) is 36.4 Å². The number of carbonyl (C=O) groups excluding carboxylic acids is 1. The average Bonchev–Trinajstić information content (AvgIpc) is 2.89. The summed E-state index contributed by atoms with van der Waals surface area (Å²) in [6.07, 6.45) is 3.95. The van der Waals surface area contributed by atoms with Crippen LogP contribution in [0, 0.1) is 0 Å². The number of fused-ring (bicyclic) bond motifs is 1. The Morgan fingerprint density at radius 2 is 1.69 bits per heavy atom. The lowest BCUT2D eigenvalue weighted by Gasteiger charge is -2.36. The summed E-state index contributed by atoms with van der Waals surface area (Å²) in [6, 6.07) is 13.9. The smallest absolute Gasteiger partial charge is 0.250 e. The molecule has 4 rings (SSSR count). The molecule has 2 aliphatic heterocycles. The van der Waals surface area contributed by atoms with Crippen molar-refractivity contribution in [3.63, 3.8) is 0 Å². The van der Waals surface area contributed by atoms with E-state index < -0.39 is 0 Å². The van der Waals surface area contributed by atoms with Gasteiger partial charge in [0.1, 0.15) is 33.1 Å². The molecule has 0 aromatic heterocycles. The number of alkyl halides is 2. The maximum atomic E-state index is 12.5. The molecule has 0 saturated carbocycles. The van der Waals surface area contributed by atoms with Crippen molar-refractivity contribution in [2.75, 3.05) is 60.0 Å². The van der Waals surface area contributed by atoms with Gasteiger partial charge >= 0.3 is 0 Å². The second-order valence-corrected chi connectivity index (χ2v) is 9.70. The highest BCUT2D eigenvalue weighted by Crippen LogP contribution is 2.30. The quantitative estimate of drug-likeness (QED) is 0.208. The van der Waals surface area contributed by atoms with Crippen LogP contribution in [0.3, 0.4) is 0 Å². The fraction of sp³-hybridized carbons (Fsp3) is 0.423. The van der Waals surface area contributed by atoms with Crippen LogP contribution in [-0.2, 0) is 4.79 Å². The summed E-state index contributed by atoms with van der Waals surface area (Å²) in [4.78, 5) is 17.4. The summed E-state index contributed by atoms with van der Waals surface area (Å²) in [5.41, 5.74) is 2.79. The first-order valence-electron chi connectivity index (χ1n) is 11.9. The molecule has 2 aliphatic rings. The molecule has 0 bridgehead atoms. The van der Waals surface area contributed by atoms with Gasteiger partial charge in [-0.15, -0.1) is 0 Å². The predicted octanol–water partition coefficient (Wildman–Crippen LogP) is 4.72. The average molecular weight is 703 g/mol. The number of anilines is 1. The zero-order chi connectivity index (χ0) is 24.5. The Morgan fingerprint density at radius 3 is 2.40 bits per heavy atom. The van der Waals surface area contributed by atoms with Crippen LogP contribution in [0.25, 0.3) is 6.08 Å². The Bertz CT molecular complexity index is 1000. The Morgan fingerprint density at radius 1 is 0.971 bits per heavy atom. The highest BCUT2D eigenvalue weighted by atomic mass is 127. The summed E-state index contributed by atoms with van der Waals surface area (Å²) in [5, 5.41) is 3.04. The third-order valence-corrected chi connectivity index (χ3v) is 6.78. The Labute approximate surface area is 234 Å². The van der Waals surface area contributed by atoms with E-state index >= 15 is 0 Å². The first-order chi connectivity index (χ1) is 17.2. The van der Waals surface area contributed by atoms with Gasteiger partial charge in [0.25, 0.3) is 5.91 Å². The van der Waals surface area contributed by atoms with Crippen molar-refractivity contribution < 1.29 is 19.0 Å². The van der Waals surface area contributed by atoms with Crippen molar-refractivity contribution in [2.24, 2.45) is 0 Å². The number of unbranched alkanes of at least 4 members (excludes halogenated alkanes) is 1. The lowest BCUT2D eigenvalue weighted by Crippen LogP contribution is -2.46. The molecule has 0 radical (unpaired) electrons. The number of rotatable bonds is 11. The number of nitrogens with zero attached hydrogens (tertiary/aromatic N) is 2. The minimum Gasteiger partial charge on any atom is -0.488 e. The van der Waals surface area contributed by atoms with Crippen LogP contribution in [0.5, 0.6) is 17.2 Å². The lowest BCUT2D eigenvalue weighted by molar-refractivity contribution is -0.117. The van der Waals surface area contributed by atoms with E-state index in [9.17, 15) is 4.79 Å². The molecule has 7 nitrogen and oxygen atoms in total. The molecule has 1 N–H and O–H groups in total. The van der Waals surface area contributed by atoms with Crippen LogP contribution in [0.2, 0.25) is 0 Å². The molecule has 1 amide bonds. The van der Waals surface area contributed by atoms with Gasteiger partial charge in [0, 0.05) is 62.2 Å². The SMILES string of the molecule is O=C(NCCCCN1CCN(c2cc(OCI)cc(OCI)c2)CC1)C1=Cc2ccccc2OC1. The fourth-order valence-electron chi connectivity index (χ4n) is 4.28. The summed E-state index contributed by atoms with van der Waals surface area (Å²) in [6.45, 7) is 6.05. The molecular formula is C26H31I2N3O4. The zero-order valence-electron chi connectivity index (χ0n) is 19.7. The Kier molecular flexibility index (Phi) is 10.2. The largest absolute Gasteiger partial charge is 0.488 e. The molecular weight excluding hydrogens is 672 g/mol. The molecule has 0 spiro atoms. The molecule has 1 fully saturated rings. The highest BCUT2D eigenvalue weighted by molar-refractivity contribution is 14.1. The fourth-order valence-corrected chi connectivity index (χ4v) is 5.00. The number of hydrogen-bond donors (Lipinski definition) is 1. The lowest BCUT2D eigenvalue weighted by atomic mass is 10.1. The second kappa shape index (κ2) is 13.5. The summed E-state index contributed by atoms with van der Waals surface area (Å²) >= 11 is 4.42. The van der Waals surface area contributed by atoms with Crippen LogP contribution >= 0.6 is 45.2 Å². The highest BCUT2D eigenvalue weighted by Gasteiger charge is 2.19. The van der Waals surface area contributed by atoms with Crippen molar-refractivity contribution in [3.8, 4) is 17.2 Å². The van der Waals surface area contributed by atoms with E-state index in [0.717, 1.165) is 74.1 Å². The number of amides is 1. The van der Waals surface area contributed by atoms with Crippen molar-refractivity contribution in [2.45, 2.75) is 12.8 Å². The van der Waals surface area contributed by atoms with E-state index in [4.69, 9.17) is 14.2 Å². The number of benzene rings is 2. The van der Waals surface area contributed by atoms with E-state index in [-0.39, 0.29) is 5.91 Å². The summed E-state index contributed by atoms with van der Waals surface area (Å²) in [7, 11) is 0. The van der Waals surface area contributed by atoms with E-state index in [1.165, 1.54) is 0 Å². The monoisotopic (exact) mass is 703 g/mol. The normalized spacial score (nSPS) is 15.6. The molecule has 2 aromatic carbocycles. The molecule has 2 aromatic rings. The molecule has 0 unspecified atom stereocenters. The first kappa shape index (κ1) is 26.3. The van der Waals surface area contributed by atoms with E-state index in [2.05, 4.69) is 72.4 Å². The number of para-hydroxylation sites is 1. The number of nitrogens with one attached hydrogen (secondary N) is 1. The van der Waals surface area contributed by atoms with Gasteiger partial charge < -0.3 is 24.4 Å². The van der Waals surface area contributed by atoms with Crippen molar-refractivity contribution in [1.29, 1.82) is 0 Å². The zero-order valence-corrected chi connectivity index (χ0v) is 24.0. The Balaban J connectivity index is 1.16. The van der Waals surface area contributed by atoms with Crippen LogP contribution in [0.15, 0.2) is 48.0 Å².